The van der Waals surface area contributed by atoms with E-state index in [0.717, 1.165) is 29.2 Å². The van der Waals surface area contributed by atoms with Gasteiger partial charge < -0.3 is 10.2 Å². The molecule has 1 aliphatic rings. The van der Waals surface area contributed by atoms with Gasteiger partial charge in [-0.15, -0.1) is 0 Å². The summed E-state index contributed by atoms with van der Waals surface area (Å²) in [5, 5.41) is 3.42. The van der Waals surface area contributed by atoms with Gasteiger partial charge in [0.2, 0.25) is 0 Å². The van der Waals surface area contributed by atoms with Crippen LogP contribution in [0.3, 0.4) is 0 Å². The van der Waals surface area contributed by atoms with Crippen molar-refractivity contribution >= 4 is 28.6 Å². The second kappa shape index (κ2) is 8.07. The molecule has 1 N–H and O–H groups in total. The van der Waals surface area contributed by atoms with Gasteiger partial charge in [-0.3, -0.25) is 8.75 Å². The molecule has 2 heterocycles. The summed E-state index contributed by atoms with van der Waals surface area (Å²) < 4.78 is 1.86. The van der Waals surface area contributed by atoms with E-state index in [2.05, 4.69) is 67.4 Å². The van der Waals surface area contributed by atoms with E-state index < -0.39 is 0 Å². The molecule has 5 heteroatoms. The van der Waals surface area contributed by atoms with Crippen LogP contribution < -0.4 is 15.8 Å². The predicted molar refractivity (Wildman–Crippen MR) is 125 cm³/mol. The van der Waals surface area contributed by atoms with Gasteiger partial charge in [0.05, 0.1) is 10.4 Å². The zero-order valence-corrected chi connectivity index (χ0v) is 18.3. The molecule has 0 unspecified atom stereocenters. The van der Waals surface area contributed by atoms with Gasteiger partial charge in [0.15, 0.2) is 0 Å². The van der Waals surface area contributed by atoms with Crippen LogP contribution in [0.1, 0.15) is 40.0 Å². The van der Waals surface area contributed by atoms with Gasteiger partial charge in [-0.25, -0.2) is 0 Å². The molecule has 0 bridgehead atoms. The molecule has 1 aromatic heterocycles. The minimum Gasteiger partial charge on any atom is -0.372 e. The average molecular weight is 408 g/mol. The Morgan fingerprint density at radius 2 is 1.55 bits per heavy atom. The number of hydrogen-bond acceptors (Lipinski definition) is 4. The summed E-state index contributed by atoms with van der Waals surface area (Å²) in [6.45, 7) is 8.46. The Morgan fingerprint density at radius 1 is 0.897 bits per heavy atom. The second-order valence-electron chi connectivity index (χ2n) is 8.65. The van der Waals surface area contributed by atoms with Gasteiger partial charge in [0.25, 0.3) is 5.56 Å². The van der Waals surface area contributed by atoms with Crippen molar-refractivity contribution in [2.45, 2.75) is 45.6 Å². The summed E-state index contributed by atoms with van der Waals surface area (Å²) in [5.41, 5.74) is 3.69. The van der Waals surface area contributed by atoms with Crippen molar-refractivity contribution in [1.29, 1.82) is 0 Å². The highest BCUT2D eigenvalue weighted by molar-refractivity contribution is 7.11. The highest BCUT2D eigenvalue weighted by atomic mass is 32.1. The number of nitrogens with zero attached hydrogens (tertiary/aromatic N) is 2. The van der Waals surface area contributed by atoms with E-state index in [1.54, 1.807) is 0 Å². The van der Waals surface area contributed by atoms with Crippen LogP contribution in [0, 0.1) is 0 Å². The lowest BCUT2D eigenvalue weighted by Gasteiger charge is -2.28. The molecule has 1 aliphatic heterocycles. The van der Waals surface area contributed by atoms with Crippen molar-refractivity contribution in [1.82, 2.24) is 3.96 Å². The standard InChI is InChI=1S/C24H29N3OS/c1-24(2,3)27-23(28)21(22(29-27)18-10-6-4-7-11-18)25-19-12-14-20(15-13-19)26-16-8-5-9-17-26/h4,6-7,10-15,25H,5,8-9,16-17H2,1-3H3. The Morgan fingerprint density at radius 3 is 2.17 bits per heavy atom. The number of benzene rings is 2. The van der Waals surface area contributed by atoms with Crippen LogP contribution >= 0.6 is 11.5 Å². The maximum atomic E-state index is 13.2. The molecule has 0 saturated carbocycles. The highest BCUT2D eigenvalue weighted by Gasteiger charge is 2.24. The molecule has 152 valence electrons. The van der Waals surface area contributed by atoms with Crippen LogP contribution in [0.5, 0.6) is 0 Å². The number of nitrogens with one attached hydrogen (secondary N) is 1. The lowest BCUT2D eigenvalue weighted by molar-refractivity contribution is 0.420. The lowest BCUT2D eigenvalue weighted by Crippen LogP contribution is -2.30. The molecular formula is C24H29N3OS. The van der Waals surface area contributed by atoms with E-state index in [1.165, 1.54) is 36.5 Å². The van der Waals surface area contributed by atoms with Crippen molar-refractivity contribution < 1.29 is 0 Å². The topological polar surface area (TPSA) is 37.3 Å². The third kappa shape index (κ3) is 4.25. The molecule has 0 spiro atoms. The van der Waals surface area contributed by atoms with Gasteiger partial charge in [-0.2, -0.15) is 0 Å². The number of hydrogen-bond donors (Lipinski definition) is 1. The van der Waals surface area contributed by atoms with Gasteiger partial charge in [0.1, 0.15) is 5.69 Å². The molecule has 4 nitrogen and oxygen atoms in total. The molecule has 0 aliphatic carbocycles. The number of anilines is 3. The largest absolute Gasteiger partial charge is 0.372 e. The van der Waals surface area contributed by atoms with E-state index >= 15 is 0 Å². The van der Waals surface area contributed by atoms with Crippen molar-refractivity contribution in [2.75, 3.05) is 23.3 Å². The molecule has 0 radical (unpaired) electrons. The zero-order chi connectivity index (χ0) is 20.4. The summed E-state index contributed by atoms with van der Waals surface area (Å²) in [4.78, 5) is 16.7. The van der Waals surface area contributed by atoms with E-state index in [-0.39, 0.29) is 11.1 Å². The van der Waals surface area contributed by atoms with Crippen LogP contribution in [-0.4, -0.2) is 17.0 Å². The number of aromatic nitrogens is 1. The fourth-order valence-electron chi connectivity index (χ4n) is 3.77. The van der Waals surface area contributed by atoms with Gasteiger partial charge in [0, 0.05) is 24.5 Å². The Kier molecular flexibility index (Phi) is 5.50. The number of rotatable bonds is 4. The first-order valence-corrected chi connectivity index (χ1v) is 11.1. The molecule has 2 aromatic carbocycles. The molecule has 4 rings (SSSR count). The lowest BCUT2D eigenvalue weighted by atomic mass is 10.1. The van der Waals surface area contributed by atoms with Crippen LogP contribution in [0.2, 0.25) is 0 Å². The fraction of sp³-hybridized carbons (Fsp3) is 0.375. The molecule has 1 fully saturated rings. The first kappa shape index (κ1) is 19.8. The highest BCUT2D eigenvalue weighted by Crippen LogP contribution is 2.35. The molecule has 1 saturated heterocycles. The summed E-state index contributed by atoms with van der Waals surface area (Å²) in [5.74, 6) is 0. The van der Waals surface area contributed by atoms with Crippen LogP contribution in [0.4, 0.5) is 17.1 Å². The third-order valence-electron chi connectivity index (χ3n) is 5.31. The molecule has 0 amide bonds. The normalized spacial score (nSPS) is 14.8. The van der Waals surface area contributed by atoms with E-state index in [9.17, 15) is 4.79 Å². The summed E-state index contributed by atoms with van der Waals surface area (Å²) in [7, 11) is 0. The molecule has 3 aromatic rings. The molecule has 0 atom stereocenters. The Labute approximate surface area is 177 Å². The van der Waals surface area contributed by atoms with Crippen LogP contribution in [0.15, 0.2) is 59.4 Å². The Hall–Kier alpha value is -2.53. The summed E-state index contributed by atoms with van der Waals surface area (Å²) in [6.07, 6.45) is 3.86. The van der Waals surface area contributed by atoms with Gasteiger partial charge in [-0.05, 0) is 69.9 Å². The maximum absolute atomic E-state index is 13.2. The van der Waals surface area contributed by atoms with Gasteiger partial charge >= 0.3 is 0 Å². The smallest absolute Gasteiger partial charge is 0.285 e. The number of piperidine rings is 1. The Balaban J connectivity index is 1.67. The predicted octanol–water partition coefficient (Wildman–Crippen LogP) is 6.07. The summed E-state index contributed by atoms with van der Waals surface area (Å²) in [6, 6.07) is 18.6. The molecular weight excluding hydrogens is 378 g/mol. The Bertz CT molecular complexity index is 1010. The van der Waals surface area contributed by atoms with E-state index in [4.69, 9.17) is 0 Å². The second-order valence-corrected chi connectivity index (χ2v) is 9.61. The van der Waals surface area contributed by atoms with Crippen molar-refractivity contribution in [3.05, 3.63) is 65.0 Å². The fourth-order valence-corrected chi connectivity index (χ4v) is 4.87. The first-order valence-electron chi connectivity index (χ1n) is 10.4. The monoisotopic (exact) mass is 407 g/mol. The summed E-state index contributed by atoms with van der Waals surface area (Å²) >= 11 is 1.52. The van der Waals surface area contributed by atoms with Crippen molar-refractivity contribution in [2.24, 2.45) is 0 Å². The van der Waals surface area contributed by atoms with Crippen LogP contribution in [-0.2, 0) is 5.54 Å². The molecule has 29 heavy (non-hydrogen) atoms. The average Bonchev–Trinajstić information content (AvgIpc) is 3.06. The first-order chi connectivity index (χ1) is 13.9. The zero-order valence-electron chi connectivity index (χ0n) is 17.4. The minimum atomic E-state index is -0.261. The maximum Gasteiger partial charge on any atom is 0.285 e. The van der Waals surface area contributed by atoms with Gasteiger partial charge in [-0.1, -0.05) is 41.9 Å². The third-order valence-corrected chi connectivity index (χ3v) is 6.83. The SMILES string of the molecule is CC(C)(C)n1sc(-c2ccccc2)c(Nc2ccc(N3CCCCC3)cc2)c1=O. The van der Waals surface area contributed by atoms with E-state index in [1.807, 2.05) is 22.2 Å². The quantitative estimate of drug-likeness (QED) is 0.571. The minimum absolute atomic E-state index is 0.0291. The van der Waals surface area contributed by atoms with Crippen LogP contribution in [0.25, 0.3) is 10.4 Å². The van der Waals surface area contributed by atoms with Crippen molar-refractivity contribution in [3.63, 3.8) is 0 Å². The van der Waals surface area contributed by atoms with Crippen molar-refractivity contribution in [3.8, 4) is 10.4 Å². The van der Waals surface area contributed by atoms with E-state index in [0.29, 0.717) is 5.69 Å².